The van der Waals surface area contributed by atoms with Crippen molar-refractivity contribution in [2.24, 2.45) is 0 Å². The summed E-state index contributed by atoms with van der Waals surface area (Å²) < 4.78 is 0. The lowest BCUT2D eigenvalue weighted by Gasteiger charge is -2.08. The summed E-state index contributed by atoms with van der Waals surface area (Å²) in [6, 6.07) is 4.02. The van der Waals surface area contributed by atoms with Crippen LogP contribution in [0.3, 0.4) is 0 Å². The van der Waals surface area contributed by atoms with Gasteiger partial charge in [-0.1, -0.05) is 6.07 Å². The second-order valence-corrected chi connectivity index (χ2v) is 3.98. The molecule has 2 heterocycles. The summed E-state index contributed by atoms with van der Waals surface area (Å²) in [5.74, 6) is 0.869. The molecule has 0 saturated carbocycles. The average molecular weight is 228 g/mol. The number of aryl methyl sites for hydroxylation is 2. The molecular weight excluding hydrogens is 212 g/mol. The Morgan fingerprint density at radius 1 is 1.24 bits per heavy atom. The molecule has 0 aliphatic carbocycles. The summed E-state index contributed by atoms with van der Waals surface area (Å²) in [7, 11) is 0. The van der Waals surface area contributed by atoms with Crippen molar-refractivity contribution in [1.82, 2.24) is 15.0 Å². The first kappa shape index (κ1) is 11.5. The zero-order valence-electron chi connectivity index (χ0n) is 10.1. The van der Waals surface area contributed by atoms with E-state index in [-0.39, 0.29) is 0 Å². The minimum absolute atomic E-state index is 0.838. The molecule has 1 N–H and O–H groups in total. The molecule has 2 rings (SSSR count). The van der Waals surface area contributed by atoms with Gasteiger partial charge in [0.15, 0.2) is 0 Å². The molecule has 0 spiro atoms. The maximum atomic E-state index is 4.41. The van der Waals surface area contributed by atoms with Crippen LogP contribution in [0.5, 0.6) is 0 Å². The van der Waals surface area contributed by atoms with Crippen LogP contribution in [0.1, 0.15) is 17.0 Å². The molecular formula is C13H16N4. The maximum Gasteiger partial charge on any atom is 0.147 e. The van der Waals surface area contributed by atoms with Gasteiger partial charge in [-0.15, -0.1) is 0 Å². The van der Waals surface area contributed by atoms with Crippen molar-refractivity contribution >= 4 is 5.82 Å². The topological polar surface area (TPSA) is 50.7 Å². The number of hydrogen-bond acceptors (Lipinski definition) is 4. The molecule has 0 fully saturated rings. The van der Waals surface area contributed by atoms with Gasteiger partial charge in [0.1, 0.15) is 5.82 Å². The summed E-state index contributed by atoms with van der Waals surface area (Å²) in [5.41, 5.74) is 3.08. The quantitative estimate of drug-likeness (QED) is 0.871. The summed E-state index contributed by atoms with van der Waals surface area (Å²) in [5, 5.41) is 3.30. The Kier molecular flexibility index (Phi) is 3.65. The SMILES string of the molecule is Cc1cnc(C)c(NCCc2cccnc2)n1. The van der Waals surface area contributed by atoms with Gasteiger partial charge in [-0.25, -0.2) is 4.98 Å². The van der Waals surface area contributed by atoms with Crippen LogP contribution in [0.4, 0.5) is 5.82 Å². The van der Waals surface area contributed by atoms with Crippen LogP contribution < -0.4 is 5.32 Å². The fraction of sp³-hybridized carbons (Fsp3) is 0.308. The Bertz CT molecular complexity index is 482. The predicted molar refractivity (Wildman–Crippen MR) is 67.9 cm³/mol. The largest absolute Gasteiger partial charge is 0.368 e. The maximum absolute atomic E-state index is 4.41. The summed E-state index contributed by atoms with van der Waals surface area (Å²) in [4.78, 5) is 12.8. The van der Waals surface area contributed by atoms with Gasteiger partial charge in [0, 0.05) is 25.1 Å². The van der Waals surface area contributed by atoms with Crippen molar-refractivity contribution in [3.63, 3.8) is 0 Å². The fourth-order valence-electron chi connectivity index (χ4n) is 1.58. The first-order valence-corrected chi connectivity index (χ1v) is 5.69. The second-order valence-electron chi connectivity index (χ2n) is 3.98. The van der Waals surface area contributed by atoms with E-state index in [4.69, 9.17) is 0 Å². The third-order valence-corrected chi connectivity index (χ3v) is 2.50. The molecule has 4 nitrogen and oxygen atoms in total. The van der Waals surface area contributed by atoms with Gasteiger partial charge in [0.05, 0.1) is 11.4 Å². The number of nitrogens with zero attached hydrogens (tertiary/aromatic N) is 3. The lowest BCUT2D eigenvalue weighted by Crippen LogP contribution is -2.09. The second kappa shape index (κ2) is 5.39. The number of pyridine rings is 1. The van der Waals surface area contributed by atoms with Crippen LogP contribution >= 0.6 is 0 Å². The van der Waals surface area contributed by atoms with Gasteiger partial charge in [-0.05, 0) is 31.9 Å². The van der Waals surface area contributed by atoms with E-state index in [0.29, 0.717) is 0 Å². The minimum Gasteiger partial charge on any atom is -0.368 e. The molecule has 2 aromatic heterocycles. The molecule has 0 atom stereocenters. The van der Waals surface area contributed by atoms with Gasteiger partial charge >= 0.3 is 0 Å². The van der Waals surface area contributed by atoms with Gasteiger partial charge < -0.3 is 5.32 Å². The fourth-order valence-corrected chi connectivity index (χ4v) is 1.58. The predicted octanol–water partition coefficient (Wildman–Crippen LogP) is 2.14. The van der Waals surface area contributed by atoms with E-state index in [1.165, 1.54) is 5.56 Å². The Hall–Kier alpha value is -1.97. The molecule has 2 aromatic rings. The Morgan fingerprint density at radius 2 is 2.12 bits per heavy atom. The summed E-state index contributed by atoms with van der Waals surface area (Å²) in [6.45, 7) is 4.74. The van der Waals surface area contributed by atoms with E-state index in [1.807, 2.05) is 26.1 Å². The molecule has 0 amide bonds. The Morgan fingerprint density at radius 3 is 2.88 bits per heavy atom. The van der Waals surface area contributed by atoms with Crippen molar-refractivity contribution in [3.8, 4) is 0 Å². The van der Waals surface area contributed by atoms with Gasteiger partial charge in [-0.2, -0.15) is 0 Å². The monoisotopic (exact) mass is 228 g/mol. The minimum atomic E-state index is 0.838. The molecule has 4 heteroatoms. The summed E-state index contributed by atoms with van der Waals surface area (Å²) in [6.07, 6.45) is 6.38. The lowest BCUT2D eigenvalue weighted by molar-refractivity contribution is 0.968. The third-order valence-electron chi connectivity index (χ3n) is 2.50. The average Bonchev–Trinajstić information content (AvgIpc) is 2.35. The van der Waals surface area contributed by atoms with E-state index >= 15 is 0 Å². The van der Waals surface area contributed by atoms with Gasteiger partial charge in [0.25, 0.3) is 0 Å². The van der Waals surface area contributed by atoms with Crippen LogP contribution in [0.25, 0.3) is 0 Å². The molecule has 0 bridgehead atoms. The van der Waals surface area contributed by atoms with Gasteiger partial charge in [-0.3, -0.25) is 9.97 Å². The molecule has 0 unspecified atom stereocenters. The number of anilines is 1. The normalized spacial score (nSPS) is 10.2. The highest BCUT2D eigenvalue weighted by Crippen LogP contribution is 2.08. The van der Waals surface area contributed by atoms with Crippen molar-refractivity contribution in [1.29, 1.82) is 0 Å². The highest BCUT2D eigenvalue weighted by Gasteiger charge is 2.00. The van der Waals surface area contributed by atoms with E-state index in [0.717, 1.165) is 30.2 Å². The zero-order chi connectivity index (χ0) is 12.1. The van der Waals surface area contributed by atoms with Crippen LogP contribution in [0, 0.1) is 13.8 Å². The molecule has 88 valence electrons. The number of rotatable bonds is 4. The molecule has 0 aliphatic heterocycles. The van der Waals surface area contributed by atoms with E-state index < -0.39 is 0 Å². The summed E-state index contributed by atoms with van der Waals surface area (Å²) >= 11 is 0. The highest BCUT2D eigenvalue weighted by molar-refractivity contribution is 5.39. The standard InChI is InChI=1S/C13H16N4/c1-10-8-16-11(2)13(17-10)15-7-5-12-4-3-6-14-9-12/h3-4,6,8-9H,5,7H2,1-2H3,(H,15,17). The molecule has 17 heavy (non-hydrogen) atoms. The third kappa shape index (κ3) is 3.24. The van der Waals surface area contributed by atoms with Crippen molar-refractivity contribution in [2.45, 2.75) is 20.3 Å². The number of nitrogens with one attached hydrogen (secondary N) is 1. The molecule has 0 aromatic carbocycles. The number of hydrogen-bond donors (Lipinski definition) is 1. The molecule has 0 radical (unpaired) electrons. The molecule has 0 saturated heterocycles. The van der Waals surface area contributed by atoms with Crippen LogP contribution in [0.2, 0.25) is 0 Å². The molecule has 0 aliphatic rings. The van der Waals surface area contributed by atoms with E-state index in [2.05, 4.69) is 26.3 Å². The van der Waals surface area contributed by atoms with E-state index in [9.17, 15) is 0 Å². The van der Waals surface area contributed by atoms with Crippen LogP contribution in [0.15, 0.2) is 30.7 Å². The first-order valence-electron chi connectivity index (χ1n) is 5.69. The Balaban J connectivity index is 1.92. The van der Waals surface area contributed by atoms with Crippen molar-refractivity contribution in [3.05, 3.63) is 47.7 Å². The smallest absolute Gasteiger partial charge is 0.147 e. The van der Waals surface area contributed by atoms with E-state index in [1.54, 1.807) is 12.4 Å². The lowest BCUT2D eigenvalue weighted by atomic mass is 10.2. The first-order chi connectivity index (χ1) is 8.25. The van der Waals surface area contributed by atoms with Crippen molar-refractivity contribution in [2.75, 3.05) is 11.9 Å². The zero-order valence-corrected chi connectivity index (χ0v) is 10.1. The van der Waals surface area contributed by atoms with Crippen LogP contribution in [-0.4, -0.2) is 21.5 Å². The number of aromatic nitrogens is 3. The highest BCUT2D eigenvalue weighted by atomic mass is 15.0. The Labute approximate surface area is 101 Å². The van der Waals surface area contributed by atoms with Crippen LogP contribution in [-0.2, 0) is 6.42 Å². The van der Waals surface area contributed by atoms with Crippen molar-refractivity contribution < 1.29 is 0 Å². The van der Waals surface area contributed by atoms with Gasteiger partial charge in [0.2, 0.25) is 0 Å².